The highest BCUT2D eigenvalue weighted by Crippen LogP contribution is 2.23. The minimum atomic E-state index is -2.48. The number of halogens is 2. The van der Waals surface area contributed by atoms with Gasteiger partial charge >= 0.3 is 0 Å². The van der Waals surface area contributed by atoms with Gasteiger partial charge in [0.2, 0.25) is 5.91 Å². The maximum atomic E-state index is 12.2. The van der Waals surface area contributed by atoms with E-state index in [0.717, 1.165) is 37.0 Å². The fourth-order valence-corrected chi connectivity index (χ4v) is 2.22. The van der Waals surface area contributed by atoms with Gasteiger partial charge in [-0.1, -0.05) is 19.3 Å². The standard InChI is InChI=1S/C11H20F2N2O/c1-15(7-10(12)13)11(16)8-5-3-2-4-6-9(8)14/h8-10H,2-7,14H2,1H3. The average molecular weight is 234 g/mol. The highest BCUT2D eigenvalue weighted by Gasteiger charge is 2.29. The Morgan fingerprint density at radius 2 is 2.00 bits per heavy atom. The van der Waals surface area contributed by atoms with Crippen molar-refractivity contribution in [2.75, 3.05) is 13.6 Å². The van der Waals surface area contributed by atoms with Crippen molar-refractivity contribution in [3.63, 3.8) is 0 Å². The normalized spacial score (nSPS) is 26.6. The van der Waals surface area contributed by atoms with Crippen molar-refractivity contribution < 1.29 is 13.6 Å². The second-order valence-electron chi connectivity index (χ2n) is 4.52. The zero-order chi connectivity index (χ0) is 12.1. The van der Waals surface area contributed by atoms with Crippen molar-refractivity contribution in [3.05, 3.63) is 0 Å². The Morgan fingerprint density at radius 1 is 1.38 bits per heavy atom. The Labute approximate surface area is 95.0 Å². The number of nitrogens with zero attached hydrogens (tertiary/aromatic N) is 1. The monoisotopic (exact) mass is 234 g/mol. The molecule has 94 valence electrons. The third-order valence-electron chi connectivity index (χ3n) is 3.17. The third-order valence-corrected chi connectivity index (χ3v) is 3.17. The fraction of sp³-hybridized carbons (Fsp3) is 0.909. The van der Waals surface area contributed by atoms with Crippen LogP contribution in [-0.2, 0) is 4.79 Å². The summed E-state index contributed by atoms with van der Waals surface area (Å²) in [6.45, 7) is -0.498. The lowest BCUT2D eigenvalue weighted by atomic mass is 9.94. The number of hydrogen-bond acceptors (Lipinski definition) is 2. The van der Waals surface area contributed by atoms with Crippen LogP contribution in [0.4, 0.5) is 8.78 Å². The highest BCUT2D eigenvalue weighted by molar-refractivity contribution is 5.79. The molecule has 0 spiro atoms. The van der Waals surface area contributed by atoms with Gasteiger partial charge in [-0.15, -0.1) is 0 Å². The summed E-state index contributed by atoms with van der Waals surface area (Å²) >= 11 is 0. The molecule has 2 unspecified atom stereocenters. The number of hydrogen-bond donors (Lipinski definition) is 1. The third kappa shape index (κ3) is 3.70. The SMILES string of the molecule is CN(CC(F)F)C(=O)C1CCCCCC1N. The molecule has 1 amide bonds. The predicted molar refractivity (Wildman–Crippen MR) is 58.2 cm³/mol. The molecule has 0 aliphatic heterocycles. The Kier molecular flexibility index (Phi) is 5.12. The van der Waals surface area contributed by atoms with Crippen molar-refractivity contribution in [1.29, 1.82) is 0 Å². The molecule has 1 saturated carbocycles. The van der Waals surface area contributed by atoms with E-state index >= 15 is 0 Å². The van der Waals surface area contributed by atoms with Gasteiger partial charge in [-0.05, 0) is 12.8 Å². The lowest BCUT2D eigenvalue weighted by molar-refractivity contribution is -0.136. The molecular formula is C11H20F2N2O. The molecule has 0 radical (unpaired) electrons. The number of carbonyl (C=O) groups is 1. The molecule has 0 saturated heterocycles. The van der Waals surface area contributed by atoms with Crippen LogP contribution in [0.2, 0.25) is 0 Å². The molecule has 5 heteroatoms. The van der Waals surface area contributed by atoms with E-state index in [4.69, 9.17) is 5.73 Å². The lowest BCUT2D eigenvalue weighted by Gasteiger charge is -2.26. The van der Waals surface area contributed by atoms with E-state index in [1.54, 1.807) is 0 Å². The van der Waals surface area contributed by atoms with E-state index in [1.165, 1.54) is 7.05 Å². The molecular weight excluding hydrogens is 214 g/mol. The van der Waals surface area contributed by atoms with Gasteiger partial charge in [0.05, 0.1) is 12.5 Å². The van der Waals surface area contributed by atoms with Crippen molar-refractivity contribution in [3.8, 4) is 0 Å². The van der Waals surface area contributed by atoms with Gasteiger partial charge in [0.25, 0.3) is 6.43 Å². The van der Waals surface area contributed by atoms with Crippen molar-refractivity contribution >= 4 is 5.91 Å². The zero-order valence-corrected chi connectivity index (χ0v) is 9.66. The minimum Gasteiger partial charge on any atom is -0.340 e. The van der Waals surface area contributed by atoms with Gasteiger partial charge in [-0.3, -0.25) is 4.79 Å². The summed E-state index contributed by atoms with van der Waals surface area (Å²) in [6.07, 6.45) is 2.15. The molecule has 0 aromatic rings. The van der Waals surface area contributed by atoms with Crippen LogP contribution in [0.5, 0.6) is 0 Å². The van der Waals surface area contributed by atoms with Gasteiger partial charge in [-0.25, -0.2) is 8.78 Å². The molecule has 0 aromatic carbocycles. The van der Waals surface area contributed by atoms with E-state index in [2.05, 4.69) is 0 Å². The number of alkyl halides is 2. The molecule has 2 N–H and O–H groups in total. The van der Waals surface area contributed by atoms with E-state index in [0.29, 0.717) is 0 Å². The van der Waals surface area contributed by atoms with E-state index in [1.807, 2.05) is 0 Å². The van der Waals surface area contributed by atoms with Gasteiger partial charge < -0.3 is 10.6 Å². The van der Waals surface area contributed by atoms with Crippen LogP contribution in [0.1, 0.15) is 32.1 Å². The Morgan fingerprint density at radius 3 is 2.62 bits per heavy atom. The first-order valence-electron chi connectivity index (χ1n) is 5.81. The Hall–Kier alpha value is -0.710. The molecule has 1 aliphatic rings. The smallest absolute Gasteiger partial charge is 0.255 e. The van der Waals surface area contributed by atoms with E-state index < -0.39 is 13.0 Å². The number of nitrogens with two attached hydrogens (primary N) is 1. The molecule has 1 fully saturated rings. The van der Waals surface area contributed by atoms with Gasteiger partial charge in [0.15, 0.2) is 0 Å². The van der Waals surface area contributed by atoms with Crippen molar-refractivity contribution in [2.24, 2.45) is 11.7 Å². The van der Waals surface area contributed by atoms with Crippen molar-refractivity contribution in [1.82, 2.24) is 4.90 Å². The van der Waals surface area contributed by atoms with Crippen LogP contribution in [0.3, 0.4) is 0 Å². The summed E-state index contributed by atoms with van der Waals surface area (Å²) in [4.78, 5) is 13.0. The minimum absolute atomic E-state index is 0.171. The van der Waals surface area contributed by atoms with Crippen LogP contribution in [-0.4, -0.2) is 36.9 Å². The summed E-state index contributed by atoms with van der Waals surface area (Å²) in [6, 6.07) is -0.171. The highest BCUT2D eigenvalue weighted by atomic mass is 19.3. The second-order valence-corrected chi connectivity index (χ2v) is 4.52. The quantitative estimate of drug-likeness (QED) is 0.754. The van der Waals surface area contributed by atoms with Gasteiger partial charge in [-0.2, -0.15) is 0 Å². The van der Waals surface area contributed by atoms with Crippen LogP contribution in [0.15, 0.2) is 0 Å². The van der Waals surface area contributed by atoms with Crippen LogP contribution in [0.25, 0.3) is 0 Å². The van der Waals surface area contributed by atoms with Crippen LogP contribution in [0, 0.1) is 5.92 Å². The molecule has 16 heavy (non-hydrogen) atoms. The number of carbonyl (C=O) groups excluding carboxylic acids is 1. The maximum Gasteiger partial charge on any atom is 0.255 e. The fourth-order valence-electron chi connectivity index (χ4n) is 2.22. The molecule has 2 atom stereocenters. The molecule has 1 aliphatic carbocycles. The Balaban J connectivity index is 2.56. The van der Waals surface area contributed by atoms with E-state index in [9.17, 15) is 13.6 Å². The van der Waals surface area contributed by atoms with Crippen LogP contribution >= 0.6 is 0 Å². The summed E-state index contributed by atoms with van der Waals surface area (Å²) in [5, 5.41) is 0. The van der Waals surface area contributed by atoms with Gasteiger partial charge in [0.1, 0.15) is 0 Å². The first-order valence-corrected chi connectivity index (χ1v) is 5.81. The first-order chi connectivity index (χ1) is 7.52. The summed E-state index contributed by atoms with van der Waals surface area (Å²) in [5.74, 6) is -0.499. The lowest BCUT2D eigenvalue weighted by Crippen LogP contribution is -2.43. The largest absolute Gasteiger partial charge is 0.340 e. The average Bonchev–Trinajstić information content (AvgIpc) is 2.40. The maximum absolute atomic E-state index is 12.2. The summed E-state index contributed by atoms with van der Waals surface area (Å²) in [7, 11) is 1.42. The van der Waals surface area contributed by atoms with E-state index in [-0.39, 0.29) is 17.9 Å². The topological polar surface area (TPSA) is 46.3 Å². The number of amides is 1. The summed E-state index contributed by atoms with van der Waals surface area (Å²) < 4.78 is 24.3. The molecule has 3 nitrogen and oxygen atoms in total. The molecule has 1 rings (SSSR count). The Bertz CT molecular complexity index is 236. The zero-order valence-electron chi connectivity index (χ0n) is 9.66. The number of rotatable bonds is 3. The molecule has 0 bridgehead atoms. The predicted octanol–water partition coefficient (Wildman–Crippen LogP) is 1.62. The second kappa shape index (κ2) is 6.13. The summed E-state index contributed by atoms with van der Waals surface area (Å²) in [5.41, 5.74) is 5.91. The van der Waals surface area contributed by atoms with Gasteiger partial charge in [0, 0.05) is 13.1 Å². The first kappa shape index (κ1) is 13.4. The molecule has 0 aromatic heterocycles. The van der Waals surface area contributed by atoms with Crippen LogP contribution < -0.4 is 5.73 Å². The van der Waals surface area contributed by atoms with Crippen molar-refractivity contribution in [2.45, 2.75) is 44.6 Å². The molecule has 0 heterocycles.